The Labute approximate surface area is 144 Å². The maximum absolute atomic E-state index is 11.7. The molecule has 1 atom stereocenters. The molecule has 1 aliphatic heterocycles. The smallest absolute Gasteiger partial charge is 0.408 e. The first kappa shape index (κ1) is 18.1. The molecule has 1 aromatic rings. The zero-order chi connectivity index (χ0) is 18.4. The third-order valence-corrected chi connectivity index (χ3v) is 2.84. The lowest BCUT2D eigenvalue weighted by atomic mass is 10.2. The molecule has 0 aliphatic carbocycles. The van der Waals surface area contributed by atoms with Gasteiger partial charge in [-0.2, -0.15) is 5.43 Å². The van der Waals surface area contributed by atoms with Crippen LogP contribution < -0.4 is 15.8 Å². The predicted octanol–water partition coefficient (Wildman–Crippen LogP) is -0.424. The van der Waals surface area contributed by atoms with E-state index in [0.717, 1.165) is 5.57 Å². The van der Waals surface area contributed by atoms with Gasteiger partial charge in [-0.15, -0.1) is 0 Å². The number of carbonyl (C=O) groups excluding carboxylic acids is 2. The molecule has 0 saturated heterocycles. The van der Waals surface area contributed by atoms with Crippen LogP contribution in [0.2, 0.25) is 0 Å². The van der Waals surface area contributed by atoms with Gasteiger partial charge in [0.1, 0.15) is 5.60 Å². The summed E-state index contributed by atoms with van der Waals surface area (Å²) < 4.78 is 6.40. The van der Waals surface area contributed by atoms with Crippen molar-refractivity contribution in [3.63, 3.8) is 0 Å². The predicted molar refractivity (Wildman–Crippen MR) is 86.8 cm³/mol. The molecule has 0 spiro atoms. The quantitative estimate of drug-likeness (QED) is 0.711. The molecule has 0 bridgehead atoms. The molecule has 1 aromatic heterocycles. The molecule has 9 heteroatoms. The van der Waals surface area contributed by atoms with Crippen molar-refractivity contribution in [1.29, 1.82) is 0 Å². The Morgan fingerprint density at radius 1 is 1.36 bits per heavy atom. The minimum Gasteiger partial charge on any atom is -0.547 e. The topological polar surface area (TPSA) is 119 Å². The summed E-state index contributed by atoms with van der Waals surface area (Å²) in [4.78, 5) is 31.2. The molecular weight excluding hydrogens is 326 g/mol. The maximum atomic E-state index is 11.7. The van der Waals surface area contributed by atoms with Crippen LogP contribution in [0.3, 0.4) is 0 Å². The summed E-state index contributed by atoms with van der Waals surface area (Å²) in [6, 6.07) is 0.326. The number of ether oxygens (including phenoxy) is 1. The van der Waals surface area contributed by atoms with E-state index in [1.165, 1.54) is 10.9 Å². The lowest BCUT2D eigenvalue weighted by Gasteiger charge is -2.21. The highest BCUT2D eigenvalue weighted by molar-refractivity contribution is 5.93. The number of hydrazone groups is 1. The Hall–Kier alpha value is -3.23. The van der Waals surface area contributed by atoms with Gasteiger partial charge >= 0.3 is 6.09 Å². The fourth-order valence-electron chi connectivity index (χ4n) is 1.83. The molecule has 0 fully saturated rings. The van der Waals surface area contributed by atoms with Crippen LogP contribution in [-0.2, 0) is 9.53 Å². The summed E-state index contributed by atoms with van der Waals surface area (Å²) in [6.45, 7) is 5.03. The third-order valence-electron chi connectivity index (χ3n) is 2.84. The summed E-state index contributed by atoms with van der Waals surface area (Å²) in [5.41, 5.74) is 2.82. The van der Waals surface area contributed by atoms with E-state index in [1.807, 2.05) is 0 Å². The first-order chi connectivity index (χ1) is 11.7. The second kappa shape index (κ2) is 7.56. The first-order valence-corrected chi connectivity index (χ1v) is 7.50. The second-order valence-corrected chi connectivity index (χ2v) is 6.12. The Balaban J connectivity index is 2.05. The van der Waals surface area contributed by atoms with Crippen LogP contribution in [0.5, 0.6) is 0 Å². The van der Waals surface area contributed by atoms with Crippen molar-refractivity contribution in [2.24, 2.45) is 0 Å². The molecule has 2 N–H and O–H groups in total. The Kier molecular flexibility index (Phi) is 5.48. The third kappa shape index (κ3) is 5.72. The van der Waals surface area contributed by atoms with Crippen LogP contribution in [0.25, 0.3) is 5.57 Å². The highest BCUT2D eigenvalue weighted by Crippen LogP contribution is 2.11. The molecule has 0 radical (unpaired) electrons. The first-order valence-electron chi connectivity index (χ1n) is 7.50. The molecule has 0 saturated carbocycles. The van der Waals surface area contributed by atoms with Gasteiger partial charge in [-0.3, -0.25) is 0 Å². The van der Waals surface area contributed by atoms with Crippen molar-refractivity contribution in [2.45, 2.75) is 32.4 Å². The van der Waals surface area contributed by atoms with E-state index in [-0.39, 0.29) is 0 Å². The SMILES string of the molecule is CC(C)(C)OC(=O)N[C@@H](C=[N+]1C=CC(c2ncccn2)=CN1)C(=O)[O-]. The molecule has 0 aromatic carbocycles. The monoisotopic (exact) mass is 345 g/mol. The number of alkyl carbamates (subject to hydrolysis) is 1. The highest BCUT2D eigenvalue weighted by atomic mass is 16.6. The normalized spacial score (nSPS) is 16.6. The summed E-state index contributed by atoms with van der Waals surface area (Å²) in [6.07, 6.45) is 8.48. The lowest BCUT2D eigenvalue weighted by Crippen LogP contribution is -2.52. The number of rotatable bonds is 4. The van der Waals surface area contributed by atoms with Crippen LogP contribution in [0, 0.1) is 0 Å². The summed E-state index contributed by atoms with van der Waals surface area (Å²) in [5.74, 6) is -0.948. The van der Waals surface area contributed by atoms with E-state index in [0.29, 0.717) is 5.82 Å². The molecule has 1 aliphatic rings. The second-order valence-electron chi connectivity index (χ2n) is 6.12. The Bertz CT molecular complexity index is 735. The fraction of sp³-hybridized carbons (Fsp3) is 0.312. The minimum absolute atomic E-state index is 0.522. The van der Waals surface area contributed by atoms with Crippen LogP contribution in [0.4, 0.5) is 4.79 Å². The number of allylic oxidation sites excluding steroid dienone is 2. The van der Waals surface area contributed by atoms with Crippen LogP contribution in [-0.4, -0.2) is 44.6 Å². The number of carboxylic acid groups (broad SMARTS) is 1. The molecule has 9 nitrogen and oxygen atoms in total. The van der Waals surface area contributed by atoms with Crippen molar-refractivity contribution >= 4 is 23.9 Å². The fourth-order valence-corrected chi connectivity index (χ4v) is 1.83. The van der Waals surface area contributed by atoms with Crippen molar-refractivity contribution in [3.8, 4) is 0 Å². The van der Waals surface area contributed by atoms with Crippen LogP contribution in [0.15, 0.2) is 36.9 Å². The molecule has 132 valence electrons. The number of nitrogens with one attached hydrogen (secondary N) is 2. The van der Waals surface area contributed by atoms with Crippen LogP contribution in [0.1, 0.15) is 26.6 Å². The standard InChI is InChI=1S/C16H19N5O4/c1-16(2,3)25-15(24)20-12(14(22)23)10-21-8-5-11(9-19-21)13-17-6-4-7-18-13/h4-10,12H,1-3H3,(H2-,17,18,19,20,22,23,24)/t12-/m0/s1. The number of hydrogen-bond donors (Lipinski definition) is 2. The van der Waals surface area contributed by atoms with Crippen molar-refractivity contribution in [3.05, 3.63) is 42.8 Å². The number of aromatic nitrogens is 2. The van der Waals surface area contributed by atoms with E-state index in [4.69, 9.17) is 4.74 Å². The van der Waals surface area contributed by atoms with E-state index in [1.54, 1.807) is 57.7 Å². The number of carbonyl (C=O) groups is 2. The number of hydrazine groups is 1. The van der Waals surface area contributed by atoms with Crippen molar-refractivity contribution in [1.82, 2.24) is 20.7 Å². The molecular formula is C16H19N5O4. The lowest BCUT2D eigenvalue weighted by molar-refractivity contribution is -0.508. The average Bonchev–Trinajstić information content (AvgIpc) is 2.54. The van der Waals surface area contributed by atoms with E-state index in [2.05, 4.69) is 20.7 Å². The summed E-state index contributed by atoms with van der Waals surface area (Å²) in [7, 11) is 0. The number of carboxylic acids is 1. The minimum atomic E-state index is -1.47. The highest BCUT2D eigenvalue weighted by Gasteiger charge is 2.22. The Morgan fingerprint density at radius 3 is 2.56 bits per heavy atom. The van der Waals surface area contributed by atoms with Crippen molar-refractivity contribution in [2.75, 3.05) is 0 Å². The Morgan fingerprint density at radius 2 is 2.04 bits per heavy atom. The van der Waals surface area contributed by atoms with E-state index >= 15 is 0 Å². The maximum Gasteiger partial charge on any atom is 0.408 e. The molecule has 2 rings (SSSR count). The molecule has 25 heavy (non-hydrogen) atoms. The largest absolute Gasteiger partial charge is 0.547 e. The molecule has 1 amide bonds. The van der Waals surface area contributed by atoms with E-state index < -0.39 is 23.7 Å². The van der Waals surface area contributed by atoms with Crippen molar-refractivity contribution < 1.29 is 24.1 Å². The summed E-state index contributed by atoms with van der Waals surface area (Å²) in [5, 5.41) is 13.5. The van der Waals surface area contributed by atoms with Crippen LogP contribution >= 0.6 is 0 Å². The zero-order valence-electron chi connectivity index (χ0n) is 14.1. The van der Waals surface area contributed by atoms with Gasteiger partial charge < -0.3 is 20.0 Å². The van der Waals surface area contributed by atoms with Gasteiger partial charge in [0.2, 0.25) is 6.21 Å². The molecule has 0 unspecified atom stereocenters. The van der Waals surface area contributed by atoms with Gasteiger partial charge in [0, 0.05) is 24.0 Å². The van der Waals surface area contributed by atoms with E-state index in [9.17, 15) is 14.7 Å². The van der Waals surface area contributed by atoms with Gasteiger partial charge in [0.15, 0.2) is 18.1 Å². The van der Waals surface area contributed by atoms with Gasteiger partial charge in [0.05, 0.1) is 12.2 Å². The number of amides is 1. The van der Waals surface area contributed by atoms with Gasteiger partial charge in [-0.1, -0.05) is 4.68 Å². The van der Waals surface area contributed by atoms with Gasteiger partial charge in [-0.25, -0.2) is 14.8 Å². The van der Waals surface area contributed by atoms with Gasteiger partial charge in [0.25, 0.3) is 0 Å². The number of nitrogens with zero attached hydrogens (tertiary/aromatic N) is 3. The van der Waals surface area contributed by atoms with Gasteiger partial charge in [-0.05, 0) is 26.8 Å². The average molecular weight is 345 g/mol. The number of hydrogen-bond acceptors (Lipinski definition) is 7. The summed E-state index contributed by atoms with van der Waals surface area (Å²) >= 11 is 0. The molecule has 2 heterocycles. The zero-order valence-corrected chi connectivity index (χ0v) is 14.1. The number of aliphatic carboxylic acids is 1.